The quantitative estimate of drug-likeness (QED) is 0.471. The van der Waals surface area contributed by atoms with Gasteiger partial charge in [0.2, 0.25) is 0 Å². The van der Waals surface area contributed by atoms with Crippen LogP contribution in [0.2, 0.25) is 0 Å². The van der Waals surface area contributed by atoms with E-state index in [1.165, 1.54) is 0 Å². The van der Waals surface area contributed by atoms with Gasteiger partial charge >= 0.3 is 5.97 Å². The zero-order valence-corrected chi connectivity index (χ0v) is 6.93. The van der Waals surface area contributed by atoms with Gasteiger partial charge in [0.25, 0.3) is 10.1 Å². The number of rotatable bonds is 5. The summed E-state index contributed by atoms with van der Waals surface area (Å²) in [5.74, 6) is -0.956. The van der Waals surface area contributed by atoms with Crippen molar-refractivity contribution in [1.29, 1.82) is 0 Å². The van der Waals surface area contributed by atoms with Gasteiger partial charge in [0.15, 0.2) is 0 Å². The Labute approximate surface area is 65.1 Å². The summed E-state index contributed by atoms with van der Waals surface area (Å²) in [4.78, 5) is 9.92. The van der Waals surface area contributed by atoms with Crippen molar-refractivity contribution >= 4 is 16.1 Å². The summed E-state index contributed by atoms with van der Waals surface area (Å²) in [7, 11) is -3.41. The molecule has 1 N–H and O–H groups in total. The Hall–Kier alpha value is -0.620. The van der Waals surface area contributed by atoms with Gasteiger partial charge < -0.3 is 5.11 Å². The Morgan fingerprint density at radius 2 is 2.09 bits per heavy atom. The van der Waals surface area contributed by atoms with Crippen molar-refractivity contribution in [3.05, 3.63) is 0 Å². The maximum Gasteiger partial charge on any atom is 0.303 e. The number of carboxylic acids is 1. The van der Waals surface area contributed by atoms with Gasteiger partial charge in [-0.2, -0.15) is 8.42 Å². The maximum atomic E-state index is 10.3. The van der Waals surface area contributed by atoms with Crippen molar-refractivity contribution in [3.63, 3.8) is 0 Å². The highest BCUT2D eigenvalue weighted by Crippen LogP contribution is 1.93. The fourth-order valence-electron chi connectivity index (χ4n) is 0.434. The average Bonchev–Trinajstić information content (AvgIpc) is 1.78. The molecule has 0 rings (SSSR count). The minimum atomic E-state index is -3.41. The van der Waals surface area contributed by atoms with Crippen molar-refractivity contribution < 1.29 is 22.5 Å². The zero-order valence-electron chi connectivity index (χ0n) is 6.11. The van der Waals surface area contributed by atoms with Gasteiger partial charge in [-0.25, -0.2) is 0 Å². The van der Waals surface area contributed by atoms with Crippen molar-refractivity contribution in [2.24, 2.45) is 0 Å². The summed E-state index contributed by atoms with van der Waals surface area (Å²) in [6.45, 7) is -0.0644. The topological polar surface area (TPSA) is 80.7 Å². The first kappa shape index (κ1) is 10.4. The van der Waals surface area contributed by atoms with E-state index < -0.39 is 16.1 Å². The molecule has 0 atom stereocenters. The SMILES string of the molecule is CS(=O)(=O)OCCCC(=O)O. The monoisotopic (exact) mass is 182 g/mol. The largest absolute Gasteiger partial charge is 0.481 e. The van der Waals surface area contributed by atoms with E-state index in [1.807, 2.05) is 0 Å². The van der Waals surface area contributed by atoms with E-state index in [4.69, 9.17) is 5.11 Å². The van der Waals surface area contributed by atoms with Crippen LogP contribution in [-0.2, 0) is 19.1 Å². The van der Waals surface area contributed by atoms with Gasteiger partial charge in [-0.1, -0.05) is 0 Å². The van der Waals surface area contributed by atoms with Gasteiger partial charge in [-0.3, -0.25) is 8.98 Å². The second-order valence-electron chi connectivity index (χ2n) is 2.02. The molecule has 0 aliphatic rings. The molecule has 0 aromatic heterocycles. The molecule has 11 heavy (non-hydrogen) atoms. The Morgan fingerprint density at radius 3 is 2.45 bits per heavy atom. The Kier molecular flexibility index (Phi) is 4.06. The predicted octanol–water partition coefficient (Wildman–Crippen LogP) is -0.173. The van der Waals surface area contributed by atoms with Crippen LogP contribution in [0.15, 0.2) is 0 Å². The van der Waals surface area contributed by atoms with Crippen LogP contribution in [0.5, 0.6) is 0 Å². The minimum absolute atomic E-state index is 0.0644. The van der Waals surface area contributed by atoms with Crippen LogP contribution >= 0.6 is 0 Å². The molecule has 0 bridgehead atoms. The van der Waals surface area contributed by atoms with Gasteiger partial charge in [-0.05, 0) is 6.42 Å². The summed E-state index contributed by atoms with van der Waals surface area (Å²) < 4.78 is 24.9. The highest BCUT2D eigenvalue weighted by atomic mass is 32.2. The molecule has 0 saturated heterocycles. The van der Waals surface area contributed by atoms with E-state index in [0.717, 1.165) is 6.26 Å². The third-order valence-electron chi connectivity index (χ3n) is 0.832. The smallest absolute Gasteiger partial charge is 0.303 e. The van der Waals surface area contributed by atoms with E-state index in [0.29, 0.717) is 0 Å². The molecule has 5 nitrogen and oxygen atoms in total. The van der Waals surface area contributed by atoms with Crippen LogP contribution in [0.25, 0.3) is 0 Å². The molecule has 0 spiro atoms. The normalized spacial score (nSPS) is 11.4. The third kappa shape index (κ3) is 9.38. The van der Waals surface area contributed by atoms with Crippen molar-refractivity contribution in [3.8, 4) is 0 Å². The lowest BCUT2D eigenvalue weighted by Gasteiger charge is -1.97. The van der Waals surface area contributed by atoms with E-state index in [2.05, 4.69) is 4.18 Å². The van der Waals surface area contributed by atoms with E-state index >= 15 is 0 Å². The lowest BCUT2D eigenvalue weighted by Crippen LogP contribution is -2.05. The van der Waals surface area contributed by atoms with Gasteiger partial charge in [0.1, 0.15) is 0 Å². The van der Waals surface area contributed by atoms with E-state index in [9.17, 15) is 13.2 Å². The number of carboxylic acid groups (broad SMARTS) is 1. The van der Waals surface area contributed by atoms with Gasteiger partial charge in [0, 0.05) is 6.42 Å². The zero-order chi connectivity index (χ0) is 8.91. The molecular formula is C5H10O5S. The van der Waals surface area contributed by atoms with Crippen LogP contribution in [0, 0.1) is 0 Å². The molecule has 0 heterocycles. The first-order valence-electron chi connectivity index (χ1n) is 2.98. The molecule has 0 aromatic carbocycles. The first-order chi connectivity index (χ1) is 4.92. The van der Waals surface area contributed by atoms with E-state index in [1.54, 1.807) is 0 Å². The predicted molar refractivity (Wildman–Crippen MR) is 37.7 cm³/mol. The number of aliphatic carboxylic acids is 1. The number of carbonyl (C=O) groups is 1. The second kappa shape index (κ2) is 4.30. The lowest BCUT2D eigenvalue weighted by molar-refractivity contribution is -0.137. The fraction of sp³-hybridized carbons (Fsp3) is 0.800. The summed E-state index contributed by atoms with van der Waals surface area (Å²) in [5, 5.41) is 8.14. The van der Waals surface area contributed by atoms with Crippen molar-refractivity contribution in [1.82, 2.24) is 0 Å². The van der Waals surface area contributed by atoms with Gasteiger partial charge in [-0.15, -0.1) is 0 Å². The molecular weight excluding hydrogens is 172 g/mol. The Balaban J connectivity index is 3.37. The lowest BCUT2D eigenvalue weighted by atomic mass is 10.3. The average molecular weight is 182 g/mol. The van der Waals surface area contributed by atoms with Crippen LogP contribution in [0.1, 0.15) is 12.8 Å². The van der Waals surface area contributed by atoms with Crippen molar-refractivity contribution in [2.75, 3.05) is 12.9 Å². The molecule has 0 amide bonds. The Bertz CT molecular complexity index is 217. The number of hydrogen-bond acceptors (Lipinski definition) is 4. The maximum absolute atomic E-state index is 10.3. The van der Waals surface area contributed by atoms with Crippen molar-refractivity contribution in [2.45, 2.75) is 12.8 Å². The number of hydrogen-bond donors (Lipinski definition) is 1. The van der Waals surface area contributed by atoms with Crippen LogP contribution in [0.4, 0.5) is 0 Å². The molecule has 0 aliphatic heterocycles. The molecule has 0 fully saturated rings. The second-order valence-corrected chi connectivity index (χ2v) is 3.67. The molecule has 0 unspecified atom stereocenters. The van der Waals surface area contributed by atoms with Crippen LogP contribution in [-0.4, -0.2) is 32.4 Å². The molecule has 0 aromatic rings. The summed E-state index contributed by atoms with van der Waals surface area (Å²) >= 11 is 0. The molecule has 0 saturated carbocycles. The summed E-state index contributed by atoms with van der Waals surface area (Å²) in [5.41, 5.74) is 0. The Morgan fingerprint density at radius 1 is 1.55 bits per heavy atom. The molecule has 66 valence electrons. The van der Waals surface area contributed by atoms with Crippen LogP contribution < -0.4 is 0 Å². The highest BCUT2D eigenvalue weighted by molar-refractivity contribution is 7.85. The fourth-order valence-corrected chi connectivity index (χ4v) is 0.854. The first-order valence-corrected chi connectivity index (χ1v) is 4.79. The summed E-state index contributed by atoms with van der Waals surface area (Å²) in [6, 6.07) is 0. The van der Waals surface area contributed by atoms with Gasteiger partial charge in [0.05, 0.1) is 12.9 Å². The molecule has 0 aliphatic carbocycles. The summed E-state index contributed by atoms with van der Waals surface area (Å²) in [6.07, 6.45) is 1.06. The highest BCUT2D eigenvalue weighted by Gasteiger charge is 2.02. The third-order valence-corrected chi connectivity index (χ3v) is 1.43. The van der Waals surface area contributed by atoms with Crippen LogP contribution in [0.3, 0.4) is 0 Å². The van der Waals surface area contributed by atoms with E-state index in [-0.39, 0.29) is 19.4 Å². The minimum Gasteiger partial charge on any atom is -0.481 e. The standard InChI is InChI=1S/C5H10O5S/c1-11(8,9)10-4-2-3-5(6)7/h2-4H2,1H3,(H,6,7). The molecule has 6 heteroatoms. The molecule has 0 radical (unpaired) electrons.